The van der Waals surface area contributed by atoms with Crippen molar-refractivity contribution in [2.24, 2.45) is 46.3 Å². The Kier molecular flexibility index (Phi) is 23.4. The predicted molar refractivity (Wildman–Crippen MR) is 254 cm³/mol. The van der Waals surface area contributed by atoms with Gasteiger partial charge in [-0.05, 0) is 104 Å². The van der Waals surface area contributed by atoms with Gasteiger partial charge in [0.25, 0.3) is 0 Å². The minimum atomic E-state index is -0.414. The Hall–Kier alpha value is -1.11. The molecule has 0 heterocycles. The van der Waals surface area contributed by atoms with Gasteiger partial charge in [-0.2, -0.15) is 0 Å². The number of nitrogens with zero attached hydrogens (tertiary/aromatic N) is 1. The summed E-state index contributed by atoms with van der Waals surface area (Å²) in [6, 6.07) is 0. The van der Waals surface area contributed by atoms with Crippen molar-refractivity contribution in [3.8, 4) is 0 Å². The third kappa shape index (κ3) is 16.2. The van der Waals surface area contributed by atoms with Gasteiger partial charge in [0.1, 0.15) is 6.10 Å². The van der Waals surface area contributed by atoms with E-state index in [0.717, 1.165) is 80.5 Å². The molecule has 60 heavy (non-hydrogen) atoms. The molecule has 0 bridgehead atoms. The van der Waals surface area contributed by atoms with E-state index >= 15 is 0 Å². The van der Waals surface area contributed by atoms with E-state index < -0.39 is 12.2 Å². The molecule has 0 aliphatic heterocycles. The van der Waals surface area contributed by atoms with Crippen LogP contribution < -0.4 is 5.32 Å². The molecule has 4 aliphatic carbocycles. The molecule has 1 amide bonds. The number of fused-ring (bicyclic) bond motifs is 5. The first-order chi connectivity index (χ1) is 28.9. The van der Waals surface area contributed by atoms with Gasteiger partial charge in [0.15, 0.2) is 0 Å². The summed E-state index contributed by atoms with van der Waals surface area (Å²) in [5.74, 6) is 4.98. The summed E-state index contributed by atoms with van der Waals surface area (Å²) in [5.41, 5.74) is 2.31. The fourth-order valence-corrected chi connectivity index (χ4v) is 13.3. The summed E-state index contributed by atoms with van der Waals surface area (Å²) in [6.45, 7) is 19.2. The molecule has 0 aromatic heterocycles. The van der Waals surface area contributed by atoms with Gasteiger partial charge in [-0.1, -0.05) is 182 Å². The Morgan fingerprint density at radius 3 is 1.90 bits per heavy atom. The van der Waals surface area contributed by atoms with Crippen LogP contribution in [-0.2, 0) is 4.74 Å². The van der Waals surface area contributed by atoms with E-state index in [-0.39, 0.29) is 17.6 Å². The van der Waals surface area contributed by atoms with Gasteiger partial charge < -0.3 is 20.3 Å². The largest absolute Gasteiger partial charge is 0.446 e. The fourth-order valence-electron chi connectivity index (χ4n) is 13.3. The Morgan fingerprint density at radius 2 is 1.32 bits per heavy atom. The molecular formula is C54H100N2O4. The van der Waals surface area contributed by atoms with Crippen LogP contribution in [0.2, 0.25) is 0 Å². The quantitative estimate of drug-likeness (QED) is 0.0478. The number of carbonyl (C=O) groups excluding carboxylic acids is 1. The lowest BCUT2D eigenvalue weighted by molar-refractivity contribution is -0.0581. The van der Waals surface area contributed by atoms with Crippen LogP contribution in [0.3, 0.4) is 0 Å². The number of carbonyl (C=O) groups is 1. The van der Waals surface area contributed by atoms with Crippen molar-refractivity contribution in [2.75, 3.05) is 26.2 Å². The highest BCUT2D eigenvalue weighted by atomic mass is 16.6. The van der Waals surface area contributed by atoms with E-state index in [9.17, 15) is 15.0 Å². The van der Waals surface area contributed by atoms with Crippen molar-refractivity contribution >= 4 is 6.09 Å². The lowest BCUT2D eigenvalue weighted by Crippen LogP contribution is -2.51. The molecule has 4 rings (SSSR count). The van der Waals surface area contributed by atoms with E-state index in [0.29, 0.717) is 31.6 Å². The van der Waals surface area contributed by atoms with Crippen LogP contribution in [0.1, 0.15) is 235 Å². The second kappa shape index (κ2) is 27.3. The van der Waals surface area contributed by atoms with Crippen molar-refractivity contribution in [1.82, 2.24) is 10.2 Å². The van der Waals surface area contributed by atoms with Crippen LogP contribution in [0.5, 0.6) is 0 Å². The zero-order chi connectivity index (χ0) is 43.4. The number of hydrogen-bond donors (Lipinski definition) is 3. The first-order valence-electron chi connectivity index (χ1n) is 26.6. The molecule has 6 nitrogen and oxygen atoms in total. The second-order valence-electron chi connectivity index (χ2n) is 22.1. The highest BCUT2D eigenvalue weighted by Crippen LogP contribution is 2.67. The van der Waals surface area contributed by atoms with E-state index in [2.05, 4.69) is 64.8 Å². The zero-order valence-electron chi connectivity index (χ0n) is 40.8. The molecule has 10 atom stereocenters. The molecule has 0 aromatic carbocycles. The number of rotatable bonds is 31. The topological polar surface area (TPSA) is 82.0 Å². The molecule has 3 unspecified atom stereocenters. The van der Waals surface area contributed by atoms with Crippen LogP contribution in [0.4, 0.5) is 4.79 Å². The normalized spacial score (nSPS) is 29.1. The lowest BCUT2D eigenvalue weighted by Gasteiger charge is -2.58. The van der Waals surface area contributed by atoms with E-state index in [4.69, 9.17) is 4.74 Å². The molecule has 4 aliphatic rings. The molecule has 0 saturated heterocycles. The molecule has 0 spiro atoms. The number of alkyl carbamates (subject to hydrolysis) is 1. The highest BCUT2D eigenvalue weighted by Gasteiger charge is 2.59. The lowest BCUT2D eigenvalue weighted by atomic mass is 9.47. The maximum Gasteiger partial charge on any atom is 0.407 e. The molecule has 0 aromatic rings. The number of unbranched alkanes of at least 4 members (excludes halogenated alkanes) is 14. The molecule has 3 N–H and O–H groups in total. The van der Waals surface area contributed by atoms with Crippen molar-refractivity contribution in [3.63, 3.8) is 0 Å². The molecule has 3 fully saturated rings. The first kappa shape index (κ1) is 51.5. The summed E-state index contributed by atoms with van der Waals surface area (Å²) in [7, 11) is 0. The minimum Gasteiger partial charge on any atom is -0.446 e. The van der Waals surface area contributed by atoms with Crippen molar-refractivity contribution < 1.29 is 19.7 Å². The predicted octanol–water partition coefficient (Wildman–Crippen LogP) is 14.2. The molecule has 350 valence electrons. The summed E-state index contributed by atoms with van der Waals surface area (Å²) in [5, 5.41) is 25.2. The Labute approximate surface area is 372 Å². The Morgan fingerprint density at radius 1 is 0.733 bits per heavy atom. The van der Waals surface area contributed by atoms with Gasteiger partial charge in [0, 0.05) is 32.6 Å². The summed E-state index contributed by atoms with van der Waals surface area (Å²) in [4.78, 5) is 15.4. The smallest absolute Gasteiger partial charge is 0.407 e. The fraction of sp³-hybridized carbons (Fsp3) is 0.944. The molecule has 0 radical (unpaired) electrons. The van der Waals surface area contributed by atoms with Gasteiger partial charge in [-0.3, -0.25) is 4.90 Å². The van der Waals surface area contributed by atoms with Gasteiger partial charge in [0.05, 0.1) is 12.2 Å². The van der Waals surface area contributed by atoms with Crippen LogP contribution in [0.25, 0.3) is 0 Å². The minimum absolute atomic E-state index is 0.0599. The van der Waals surface area contributed by atoms with Crippen molar-refractivity contribution in [1.29, 1.82) is 0 Å². The summed E-state index contributed by atoms with van der Waals surface area (Å²) in [6.07, 6.45) is 37.1. The third-order valence-corrected chi connectivity index (χ3v) is 17.0. The van der Waals surface area contributed by atoms with E-state index in [1.807, 2.05) is 0 Å². The summed E-state index contributed by atoms with van der Waals surface area (Å²) >= 11 is 0. The summed E-state index contributed by atoms with van der Waals surface area (Å²) < 4.78 is 6.14. The van der Waals surface area contributed by atoms with Crippen molar-refractivity contribution in [3.05, 3.63) is 11.6 Å². The number of aliphatic hydroxyl groups excluding tert-OH is 2. The van der Waals surface area contributed by atoms with Gasteiger partial charge in [-0.25, -0.2) is 4.79 Å². The van der Waals surface area contributed by atoms with Crippen LogP contribution in [-0.4, -0.2) is 65.7 Å². The second-order valence-corrected chi connectivity index (χ2v) is 22.1. The SMILES string of the molecule is CCCCCCCCCCC(O)CN(CCNC(=O)O[C@H]1CC[C@@]2(C)C(=CC[C@H]3C4CC[C@H]([C@H](C)CCCC(C)C)[C@@]4(C)CC[C@@H]32)C1)CC(O)CCCCCCCCCC. The maximum atomic E-state index is 13.3. The molecule has 6 heteroatoms. The van der Waals surface area contributed by atoms with Gasteiger partial charge >= 0.3 is 6.09 Å². The third-order valence-electron chi connectivity index (χ3n) is 17.0. The number of allylic oxidation sites excluding steroid dienone is 1. The number of nitrogens with one attached hydrogen (secondary N) is 1. The number of amides is 1. The van der Waals surface area contributed by atoms with Crippen LogP contribution >= 0.6 is 0 Å². The van der Waals surface area contributed by atoms with E-state index in [1.165, 1.54) is 141 Å². The number of hydrogen-bond acceptors (Lipinski definition) is 5. The van der Waals surface area contributed by atoms with Crippen LogP contribution in [0.15, 0.2) is 11.6 Å². The first-order valence-corrected chi connectivity index (χ1v) is 26.6. The molecular weight excluding hydrogens is 741 g/mol. The van der Waals surface area contributed by atoms with Crippen LogP contribution in [0, 0.1) is 46.3 Å². The zero-order valence-corrected chi connectivity index (χ0v) is 40.8. The average Bonchev–Trinajstić information content (AvgIpc) is 3.57. The number of ether oxygens (including phenoxy) is 1. The average molecular weight is 841 g/mol. The Bertz CT molecular complexity index is 1180. The van der Waals surface area contributed by atoms with Gasteiger partial charge in [0.2, 0.25) is 0 Å². The highest BCUT2D eigenvalue weighted by molar-refractivity contribution is 5.67. The molecule has 3 saturated carbocycles. The maximum absolute atomic E-state index is 13.3. The standard InChI is InChI=1S/C54H100N2O4/c1-8-10-12-14-16-18-20-22-27-45(57)40-56(41-46(58)28-23-21-19-17-15-13-11-9-2)38-37-55-52(59)60-47-33-35-53(6)44(39-47)29-30-48-50-32-31-49(43(5)26-24-25-42(3)4)54(50,7)36-34-51(48)53/h29,42-43,45-51,57-58H,8-28,30-41H2,1-7H3,(H,55,59)/t43-,45?,46?,47+,48+,49-,50?,51+,53+,54-/m1/s1. The van der Waals surface area contributed by atoms with Crippen molar-refractivity contribution in [2.45, 2.75) is 253 Å². The van der Waals surface area contributed by atoms with E-state index in [1.54, 1.807) is 5.57 Å². The Balaban J connectivity index is 1.22. The number of aliphatic hydroxyl groups is 2. The van der Waals surface area contributed by atoms with Gasteiger partial charge in [-0.15, -0.1) is 0 Å². The monoisotopic (exact) mass is 841 g/mol.